The summed E-state index contributed by atoms with van der Waals surface area (Å²) in [4.78, 5) is 21.9. The van der Waals surface area contributed by atoms with Gasteiger partial charge in [0, 0.05) is 14.7 Å². The third kappa shape index (κ3) is 5.64. The quantitative estimate of drug-likeness (QED) is 0.240. The zero-order valence-corrected chi connectivity index (χ0v) is 13.8. The molecule has 1 aromatic rings. The van der Waals surface area contributed by atoms with Crippen LogP contribution in [0.1, 0.15) is 17.4 Å². The van der Waals surface area contributed by atoms with Crippen LogP contribution in [0.15, 0.2) is 6.07 Å². The molecule has 21 heavy (non-hydrogen) atoms. The van der Waals surface area contributed by atoms with E-state index in [-0.39, 0.29) is 24.8 Å². The summed E-state index contributed by atoms with van der Waals surface area (Å²) < 4.78 is 11.3. The molecule has 0 aromatic carbocycles. The molecule has 1 heterocycles. The Bertz CT molecular complexity index is 509. The molecular formula is C12H21N3O5Si. The topological polar surface area (TPSA) is 96.5 Å². The summed E-state index contributed by atoms with van der Waals surface area (Å²) in [5.41, 5.74) is -0.0858. The second-order valence-corrected chi connectivity index (χ2v) is 11.3. The van der Waals surface area contributed by atoms with E-state index in [1.165, 1.54) is 0 Å². The fourth-order valence-electron chi connectivity index (χ4n) is 1.48. The van der Waals surface area contributed by atoms with Crippen molar-refractivity contribution in [3.63, 3.8) is 0 Å². The molecule has 8 nitrogen and oxygen atoms in total. The number of ether oxygens (including phenoxy) is 2. The normalized spacial score (nSPS) is 11.4. The molecule has 9 heteroatoms. The molecule has 0 saturated heterocycles. The van der Waals surface area contributed by atoms with E-state index >= 15 is 0 Å². The first-order chi connectivity index (χ1) is 9.74. The number of aromatic nitrogens is 2. The highest BCUT2D eigenvalue weighted by Crippen LogP contribution is 2.15. The Morgan fingerprint density at radius 3 is 2.67 bits per heavy atom. The van der Waals surface area contributed by atoms with E-state index in [0.717, 1.165) is 16.8 Å². The Kier molecular flexibility index (Phi) is 6.03. The highest BCUT2D eigenvalue weighted by molar-refractivity contribution is 6.76. The van der Waals surface area contributed by atoms with Gasteiger partial charge in [-0.1, -0.05) is 24.7 Å². The minimum absolute atomic E-state index is 0.0554. The van der Waals surface area contributed by atoms with Gasteiger partial charge in [0.25, 0.3) is 0 Å². The van der Waals surface area contributed by atoms with Gasteiger partial charge >= 0.3 is 11.8 Å². The Morgan fingerprint density at radius 1 is 1.48 bits per heavy atom. The van der Waals surface area contributed by atoms with Gasteiger partial charge in [-0.05, 0) is 17.9 Å². The van der Waals surface area contributed by atoms with Crippen molar-refractivity contribution in [2.45, 2.75) is 39.3 Å². The van der Waals surface area contributed by atoms with Crippen molar-refractivity contribution in [1.29, 1.82) is 0 Å². The molecule has 0 unspecified atom stereocenters. The van der Waals surface area contributed by atoms with Gasteiger partial charge in [0.15, 0.2) is 5.69 Å². The van der Waals surface area contributed by atoms with Crippen LogP contribution in [0.2, 0.25) is 25.7 Å². The lowest BCUT2D eigenvalue weighted by Gasteiger charge is -2.14. The molecule has 0 N–H and O–H groups in total. The van der Waals surface area contributed by atoms with Gasteiger partial charge < -0.3 is 19.6 Å². The highest BCUT2D eigenvalue weighted by Gasteiger charge is 2.23. The maximum atomic E-state index is 11.5. The monoisotopic (exact) mass is 315 g/mol. The number of rotatable bonds is 8. The van der Waals surface area contributed by atoms with Crippen LogP contribution in [-0.4, -0.2) is 42.0 Å². The summed E-state index contributed by atoms with van der Waals surface area (Å²) in [7, 11) is -1.22. The molecule has 0 amide bonds. The number of nitro groups is 1. The second kappa shape index (κ2) is 7.32. The average Bonchev–Trinajstić information content (AvgIpc) is 2.78. The summed E-state index contributed by atoms with van der Waals surface area (Å²) in [6.45, 7) is 8.94. The van der Waals surface area contributed by atoms with Crippen LogP contribution in [-0.2, 0) is 16.2 Å². The maximum Gasteiger partial charge on any atom is 0.361 e. The van der Waals surface area contributed by atoms with Crippen molar-refractivity contribution in [3.05, 3.63) is 21.9 Å². The van der Waals surface area contributed by atoms with E-state index in [0.29, 0.717) is 6.61 Å². The number of hydrogen-bond donors (Lipinski definition) is 0. The molecule has 0 aliphatic carbocycles. The molecule has 0 atom stereocenters. The van der Waals surface area contributed by atoms with Gasteiger partial charge in [-0.15, -0.1) is 4.68 Å². The average molecular weight is 315 g/mol. The predicted octanol–water partition coefficient (Wildman–Crippen LogP) is 2.28. The third-order valence-electron chi connectivity index (χ3n) is 2.64. The fourth-order valence-corrected chi connectivity index (χ4v) is 2.24. The first-order valence-corrected chi connectivity index (χ1v) is 10.4. The van der Waals surface area contributed by atoms with E-state index in [9.17, 15) is 14.9 Å². The molecule has 118 valence electrons. The minimum Gasteiger partial charge on any atom is -0.461 e. The van der Waals surface area contributed by atoms with Gasteiger partial charge in [-0.25, -0.2) is 4.79 Å². The van der Waals surface area contributed by atoms with Crippen LogP contribution < -0.4 is 0 Å². The van der Waals surface area contributed by atoms with Gasteiger partial charge in [0.05, 0.1) is 12.7 Å². The Hall–Kier alpha value is -1.74. The number of carbonyl (C=O) groups excluding carboxylic acids is 1. The molecule has 0 fully saturated rings. The van der Waals surface area contributed by atoms with Crippen molar-refractivity contribution in [3.8, 4) is 0 Å². The van der Waals surface area contributed by atoms with Crippen LogP contribution in [0.5, 0.6) is 0 Å². The number of nitrogens with zero attached hydrogens (tertiary/aromatic N) is 3. The van der Waals surface area contributed by atoms with E-state index in [1.807, 2.05) is 0 Å². The van der Waals surface area contributed by atoms with Gasteiger partial charge in [-0.3, -0.25) is 0 Å². The lowest BCUT2D eigenvalue weighted by molar-refractivity contribution is -0.393. The second-order valence-electron chi connectivity index (χ2n) is 5.71. The van der Waals surface area contributed by atoms with Crippen LogP contribution in [0.25, 0.3) is 0 Å². The molecule has 1 aromatic heterocycles. The maximum absolute atomic E-state index is 11.5. The van der Waals surface area contributed by atoms with Crippen molar-refractivity contribution in [2.75, 3.05) is 13.2 Å². The summed E-state index contributed by atoms with van der Waals surface area (Å²) >= 11 is 0. The standard InChI is InChI=1S/C12H21N3O5Si/c1-5-20-12(16)10-8-11(15(17)18)14(13-10)9-19-6-7-21(2,3)4/h8H,5-7,9H2,1-4H3. The van der Waals surface area contributed by atoms with Crippen LogP contribution >= 0.6 is 0 Å². The van der Waals surface area contributed by atoms with E-state index < -0.39 is 19.0 Å². The van der Waals surface area contributed by atoms with Crippen molar-refractivity contribution in [1.82, 2.24) is 9.78 Å². The van der Waals surface area contributed by atoms with Crippen LogP contribution in [0.3, 0.4) is 0 Å². The molecule has 1 rings (SSSR count). The summed E-state index contributed by atoms with van der Waals surface area (Å²) in [6.07, 6.45) is 0. The smallest absolute Gasteiger partial charge is 0.361 e. The van der Waals surface area contributed by atoms with E-state index in [4.69, 9.17) is 9.47 Å². The molecule has 0 radical (unpaired) electrons. The Labute approximate surface area is 124 Å². The van der Waals surface area contributed by atoms with Gasteiger partial charge in [-0.2, -0.15) is 0 Å². The summed E-state index contributed by atoms with van der Waals surface area (Å²) in [5, 5.41) is 14.8. The number of carbonyl (C=O) groups is 1. The van der Waals surface area contributed by atoms with Crippen LogP contribution in [0, 0.1) is 10.1 Å². The molecule has 0 bridgehead atoms. The van der Waals surface area contributed by atoms with Crippen LogP contribution in [0.4, 0.5) is 5.82 Å². The van der Waals surface area contributed by atoms with E-state index in [1.54, 1.807) is 6.92 Å². The molecule has 0 saturated carbocycles. The lowest BCUT2D eigenvalue weighted by atomic mass is 10.4. The largest absolute Gasteiger partial charge is 0.461 e. The summed E-state index contributed by atoms with van der Waals surface area (Å²) in [5.74, 6) is -0.965. The van der Waals surface area contributed by atoms with Gasteiger partial charge in [0.1, 0.15) is 0 Å². The third-order valence-corrected chi connectivity index (χ3v) is 4.34. The molecule has 0 aliphatic rings. The SMILES string of the molecule is CCOC(=O)c1cc([N+](=O)[O-])n(COCC[Si](C)(C)C)n1. The Morgan fingerprint density at radius 2 is 2.14 bits per heavy atom. The number of esters is 1. The first-order valence-electron chi connectivity index (χ1n) is 6.71. The highest BCUT2D eigenvalue weighted by atomic mass is 28.3. The number of hydrogen-bond acceptors (Lipinski definition) is 6. The van der Waals surface area contributed by atoms with Crippen molar-refractivity contribution >= 4 is 19.9 Å². The minimum atomic E-state index is -1.22. The van der Waals surface area contributed by atoms with Crippen molar-refractivity contribution in [2.24, 2.45) is 0 Å². The molecule has 0 aliphatic heterocycles. The van der Waals surface area contributed by atoms with E-state index in [2.05, 4.69) is 24.7 Å². The van der Waals surface area contributed by atoms with Crippen molar-refractivity contribution < 1.29 is 19.2 Å². The predicted molar refractivity (Wildman–Crippen MR) is 78.9 cm³/mol. The molecule has 0 spiro atoms. The lowest BCUT2D eigenvalue weighted by Crippen LogP contribution is -2.22. The molecular weight excluding hydrogens is 294 g/mol. The first kappa shape index (κ1) is 17.3. The fraction of sp³-hybridized carbons (Fsp3) is 0.667. The van der Waals surface area contributed by atoms with Gasteiger partial charge in [0.2, 0.25) is 6.73 Å². The zero-order chi connectivity index (χ0) is 16.0. The zero-order valence-electron chi connectivity index (χ0n) is 12.8. The Balaban J connectivity index is 2.71. The summed E-state index contributed by atoms with van der Waals surface area (Å²) in [6, 6.07) is 2.05.